The number of rotatable bonds is 5. The number of ether oxygens (including phenoxy) is 2. The molecule has 6 heteroatoms. The zero-order valence-corrected chi connectivity index (χ0v) is 12.0. The minimum absolute atomic E-state index is 0.0878. The highest BCUT2D eigenvalue weighted by Gasteiger charge is 2.22. The molecule has 1 saturated heterocycles. The fourth-order valence-electron chi connectivity index (χ4n) is 2.42. The summed E-state index contributed by atoms with van der Waals surface area (Å²) in [4.78, 5) is 4.44. The Kier molecular flexibility index (Phi) is 4.59. The molecule has 1 aromatic heterocycles. The smallest absolute Gasteiger partial charge is 0.229 e. The second-order valence-corrected chi connectivity index (χ2v) is 4.97. The summed E-state index contributed by atoms with van der Waals surface area (Å²) in [5.41, 5.74) is 1.00. The number of methoxy groups -OCH3 is 1. The second kappa shape index (κ2) is 6.80. The maximum Gasteiger partial charge on any atom is 0.229 e. The number of aromatic nitrogens is 2. The zero-order chi connectivity index (χ0) is 14.5. The first kappa shape index (κ1) is 14.2. The summed E-state index contributed by atoms with van der Waals surface area (Å²) in [6, 6.07) is 9.86. The highest BCUT2D eigenvalue weighted by Crippen LogP contribution is 2.23. The van der Waals surface area contributed by atoms with E-state index in [1.165, 1.54) is 0 Å². The second-order valence-electron chi connectivity index (χ2n) is 4.97. The van der Waals surface area contributed by atoms with Crippen LogP contribution in [0.25, 0.3) is 0 Å². The van der Waals surface area contributed by atoms with Crippen LogP contribution >= 0.6 is 0 Å². The first-order valence-electron chi connectivity index (χ1n) is 7.09. The maximum absolute atomic E-state index is 5.64. The van der Waals surface area contributed by atoms with Crippen LogP contribution in [0.1, 0.15) is 23.4 Å². The fourth-order valence-corrected chi connectivity index (χ4v) is 2.42. The van der Waals surface area contributed by atoms with Crippen LogP contribution in [0.2, 0.25) is 0 Å². The lowest BCUT2D eigenvalue weighted by Crippen LogP contribution is -2.39. The van der Waals surface area contributed by atoms with Gasteiger partial charge in [0, 0.05) is 20.2 Å². The molecule has 112 valence electrons. The minimum atomic E-state index is -0.311. The van der Waals surface area contributed by atoms with E-state index < -0.39 is 0 Å². The molecule has 0 saturated carbocycles. The molecule has 1 aliphatic rings. The molecule has 1 N–H and O–H groups in total. The third kappa shape index (κ3) is 3.47. The predicted octanol–water partition coefficient (Wildman–Crippen LogP) is 1.34. The molecule has 0 bridgehead atoms. The van der Waals surface area contributed by atoms with E-state index in [2.05, 4.69) is 15.5 Å². The summed E-state index contributed by atoms with van der Waals surface area (Å²) >= 11 is 0. The van der Waals surface area contributed by atoms with Gasteiger partial charge in [0.15, 0.2) is 0 Å². The Labute approximate surface area is 123 Å². The largest absolute Gasteiger partial charge is 0.375 e. The molecule has 2 aromatic rings. The van der Waals surface area contributed by atoms with Gasteiger partial charge in [-0.15, -0.1) is 0 Å². The highest BCUT2D eigenvalue weighted by atomic mass is 16.5. The van der Waals surface area contributed by atoms with E-state index in [-0.39, 0.29) is 12.2 Å². The lowest BCUT2D eigenvalue weighted by Gasteiger charge is -2.21. The van der Waals surface area contributed by atoms with Gasteiger partial charge in [-0.3, -0.25) is 0 Å². The van der Waals surface area contributed by atoms with E-state index in [4.69, 9.17) is 14.0 Å². The average molecular weight is 289 g/mol. The van der Waals surface area contributed by atoms with E-state index in [0.29, 0.717) is 18.1 Å². The van der Waals surface area contributed by atoms with Crippen LogP contribution < -0.4 is 5.32 Å². The molecule has 0 spiro atoms. The molecule has 6 nitrogen and oxygen atoms in total. The Morgan fingerprint density at radius 3 is 2.95 bits per heavy atom. The van der Waals surface area contributed by atoms with Crippen LogP contribution in [0, 0.1) is 0 Å². The van der Waals surface area contributed by atoms with Crippen LogP contribution in [0.15, 0.2) is 34.9 Å². The van der Waals surface area contributed by atoms with Crippen LogP contribution in [-0.2, 0) is 15.9 Å². The first-order valence-corrected chi connectivity index (χ1v) is 7.09. The van der Waals surface area contributed by atoms with Gasteiger partial charge in [-0.05, 0) is 5.56 Å². The van der Waals surface area contributed by atoms with Crippen LogP contribution in [0.4, 0.5) is 0 Å². The Morgan fingerprint density at radius 2 is 2.24 bits per heavy atom. The highest BCUT2D eigenvalue weighted by molar-refractivity contribution is 5.22. The topological polar surface area (TPSA) is 69.4 Å². The van der Waals surface area contributed by atoms with Crippen molar-refractivity contribution in [3.63, 3.8) is 0 Å². The van der Waals surface area contributed by atoms with Gasteiger partial charge in [0.2, 0.25) is 11.7 Å². The van der Waals surface area contributed by atoms with Crippen LogP contribution in [0.5, 0.6) is 0 Å². The molecule has 2 unspecified atom stereocenters. The minimum Gasteiger partial charge on any atom is -0.375 e. The van der Waals surface area contributed by atoms with Gasteiger partial charge in [0.05, 0.1) is 19.1 Å². The number of nitrogens with zero attached hydrogens (tertiary/aromatic N) is 2. The molecule has 1 fully saturated rings. The fraction of sp³-hybridized carbons (Fsp3) is 0.467. The maximum atomic E-state index is 5.64. The zero-order valence-electron chi connectivity index (χ0n) is 12.0. The van der Waals surface area contributed by atoms with Gasteiger partial charge in [-0.25, -0.2) is 0 Å². The van der Waals surface area contributed by atoms with Crippen molar-refractivity contribution in [2.24, 2.45) is 0 Å². The van der Waals surface area contributed by atoms with Crippen molar-refractivity contribution in [3.05, 3.63) is 47.6 Å². The Morgan fingerprint density at radius 1 is 1.38 bits per heavy atom. The van der Waals surface area contributed by atoms with Crippen LogP contribution in [0.3, 0.4) is 0 Å². The molecular formula is C15H19N3O3. The molecule has 2 atom stereocenters. The summed E-state index contributed by atoms with van der Waals surface area (Å²) in [5, 5.41) is 7.32. The molecule has 21 heavy (non-hydrogen) atoms. The summed E-state index contributed by atoms with van der Waals surface area (Å²) in [6.07, 6.45) is 0.393. The predicted molar refractivity (Wildman–Crippen MR) is 75.9 cm³/mol. The molecular weight excluding hydrogens is 270 g/mol. The van der Waals surface area contributed by atoms with E-state index in [9.17, 15) is 0 Å². The molecule has 1 aliphatic heterocycles. The lowest BCUT2D eigenvalue weighted by molar-refractivity contribution is 0.0246. The third-order valence-electron chi connectivity index (χ3n) is 3.46. The number of morpholine rings is 1. The molecule has 0 aliphatic carbocycles. The van der Waals surface area contributed by atoms with E-state index in [1.807, 2.05) is 30.3 Å². The third-order valence-corrected chi connectivity index (χ3v) is 3.46. The SMILES string of the molecule is COC(c1ccccc1)c1noc(CC2CNCCO2)n1. The standard InChI is InChI=1S/C15H19N3O3/c1-19-14(11-5-3-2-4-6-11)15-17-13(21-18-15)9-12-10-16-7-8-20-12/h2-6,12,14,16H,7-10H2,1H3. The van der Waals surface area contributed by atoms with Crippen molar-refractivity contribution in [3.8, 4) is 0 Å². The number of hydrogen-bond acceptors (Lipinski definition) is 6. The van der Waals surface area contributed by atoms with Crippen molar-refractivity contribution in [2.75, 3.05) is 26.8 Å². The van der Waals surface area contributed by atoms with Crippen molar-refractivity contribution >= 4 is 0 Å². The number of hydrogen-bond donors (Lipinski definition) is 1. The van der Waals surface area contributed by atoms with Gasteiger partial charge < -0.3 is 19.3 Å². The molecule has 1 aromatic carbocycles. The van der Waals surface area contributed by atoms with E-state index in [0.717, 1.165) is 25.3 Å². The van der Waals surface area contributed by atoms with Crippen molar-refractivity contribution < 1.29 is 14.0 Å². The molecule has 2 heterocycles. The van der Waals surface area contributed by atoms with Crippen molar-refractivity contribution in [1.29, 1.82) is 0 Å². The quantitative estimate of drug-likeness (QED) is 0.895. The first-order chi connectivity index (χ1) is 10.4. The Hall–Kier alpha value is -1.76. The van der Waals surface area contributed by atoms with Gasteiger partial charge in [-0.2, -0.15) is 4.98 Å². The summed E-state index contributed by atoms with van der Waals surface area (Å²) in [5.74, 6) is 1.12. The Balaban J connectivity index is 1.71. The van der Waals surface area contributed by atoms with E-state index in [1.54, 1.807) is 7.11 Å². The Bertz CT molecular complexity index is 552. The monoisotopic (exact) mass is 289 g/mol. The number of nitrogens with one attached hydrogen (secondary N) is 1. The van der Waals surface area contributed by atoms with Gasteiger partial charge in [-0.1, -0.05) is 35.5 Å². The van der Waals surface area contributed by atoms with E-state index >= 15 is 0 Å². The molecule has 0 amide bonds. The lowest BCUT2D eigenvalue weighted by atomic mass is 10.1. The van der Waals surface area contributed by atoms with Crippen molar-refractivity contribution in [2.45, 2.75) is 18.6 Å². The van der Waals surface area contributed by atoms with Gasteiger partial charge in [0.1, 0.15) is 6.10 Å². The summed E-state index contributed by atoms with van der Waals surface area (Å²) in [6.45, 7) is 2.42. The summed E-state index contributed by atoms with van der Waals surface area (Å²) < 4.78 is 16.5. The molecule has 0 radical (unpaired) electrons. The average Bonchev–Trinajstić information content (AvgIpc) is 2.98. The van der Waals surface area contributed by atoms with Gasteiger partial charge in [0.25, 0.3) is 0 Å². The van der Waals surface area contributed by atoms with Crippen molar-refractivity contribution in [1.82, 2.24) is 15.5 Å². The van der Waals surface area contributed by atoms with Gasteiger partial charge >= 0.3 is 0 Å². The normalized spacial score (nSPS) is 20.3. The number of benzene rings is 1. The summed E-state index contributed by atoms with van der Waals surface area (Å²) in [7, 11) is 1.64. The van der Waals surface area contributed by atoms with Crippen LogP contribution in [-0.4, -0.2) is 43.1 Å². The molecule has 3 rings (SSSR count).